The summed E-state index contributed by atoms with van der Waals surface area (Å²) in [7, 11) is 0. The smallest absolute Gasteiger partial charge is 0.303 e. The number of carbonyl (C=O) groups is 2. The molecule has 0 aromatic carbocycles. The van der Waals surface area contributed by atoms with Crippen LogP contribution in [0.2, 0.25) is 0 Å². The van der Waals surface area contributed by atoms with Crippen LogP contribution < -0.4 is 5.32 Å². The van der Waals surface area contributed by atoms with Crippen molar-refractivity contribution >= 4 is 11.9 Å². The molecule has 1 fully saturated rings. The average molecular weight is 269 g/mol. The maximum atomic E-state index is 12.1. The zero-order valence-corrected chi connectivity index (χ0v) is 12.0. The van der Waals surface area contributed by atoms with E-state index in [-0.39, 0.29) is 24.2 Å². The molecular weight excluding hydrogens is 242 g/mol. The summed E-state index contributed by atoms with van der Waals surface area (Å²) < 4.78 is 0. The second-order valence-electron chi connectivity index (χ2n) is 5.66. The second kappa shape index (κ2) is 8.94. The van der Waals surface area contributed by atoms with Gasteiger partial charge in [0.05, 0.1) is 0 Å². The standard InChI is InChI=1S/C15H27NO3/c1-2-12(10-14(17)18)11-16-15(19)13-8-6-4-3-5-7-9-13/h12-13H,2-11H2,1H3,(H,16,19)(H,17,18). The van der Waals surface area contributed by atoms with Crippen molar-refractivity contribution in [3.8, 4) is 0 Å². The Kier molecular flexibility index (Phi) is 7.53. The van der Waals surface area contributed by atoms with Crippen LogP contribution in [0.3, 0.4) is 0 Å². The van der Waals surface area contributed by atoms with Crippen LogP contribution in [0.25, 0.3) is 0 Å². The molecule has 0 saturated heterocycles. The van der Waals surface area contributed by atoms with Crippen LogP contribution in [0.5, 0.6) is 0 Å². The molecule has 1 aliphatic carbocycles. The first kappa shape index (κ1) is 16.0. The lowest BCUT2D eigenvalue weighted by Gasteiger charge is -2.20. The lowest BCUT2D eigenvalue weighted by molar-refractivity contribution is -0.138. The Morgan fingerprint density at radius 1 is 1.16 bits per heavy atom. The molecule has 4 nitrogen and oxygen atoms in total. The first-order chi connectivity index (χ1) is 9.13. The van der Waals surface area contributed by atoms with Gasteiger partial charge in [0.25, 0.3) is 0 Å². The highest BCUT2D eigenvalue weighted by Crippen LogP contribution is 2.22. The molecule has 19 heavy (non-hydrogen) atoms. The summed E-state index contributed by atoms with van der Waals surface area (Å²) >= 11 is 0. The minimum atomic E-state index is -0.785. The van der Waals surface area contributed by atoms with E-state index in [1.54, 1.807) is 0 Å². The lowest BCUT2D eigenvalue weighted by Crippen LogP contribution is -2.35. The molecule has 1 aliphatic rings. The number of aliphatic carboxylic acids is 1. The molecule has 0 spiro atoms. The topological polar surface area (TPSA) is 66.4 Å². The number of carboxylic acids is 1. The van der Waals surface area contributed by atoms with Crippen molar-refractivity contribution in [2.45, 2.75) is 64.7 Å². The number of amides is 1. The third kappa shape index (κ3) is 6.60. The van der Waals surface area contributed by atoms with E-state index in [2.05, 4.69) is 5.32 Å². The van der Waals surface area contributed by atoms with Crippen molar-refractivity contribution in [3.05, 3.63) is 0 Å². The molecule has 4 heteroatoms. The number of carbonyl (C=O) groups excluding carboxylic acids is 1. The Morgan fingerprint density at radius 3 is 2.26 bits per heavy atom. The van der Waals surface area contributed by atoms with E-state index >= 15 is 0 Å². The van der Waals surface area contributed by atoms with Gasteiger partial charge < -0.3 is 10.4 Å². The molecule has 0 heterocycles. The van der Waals surface area contributed by atoms with Crippen LogP contribution in [0.1, 0.15) is 64.7 Å². The summed E-state index contributed by atoms with van der Waals surface area (Å²) in [5.74, 6) is -0.463. The van der Waals surface area contributed by atoms with E-state index < -0.39 is 5.97 Å². The fraction of sp³-hybridized carbons (Fsp3) is 0.867. The Hall–Kier alpha value is -1.06. The van der Waals surface area contributed by atoms with Gasteiger partial charge >= 0.3 is 5.97 Å². The summed E-state index contributed by atoms with van der Waals surface area (Å²) in [5, 5.41) is 11.7. The zero-order chi connectivity index (χ0) is 14.1. The predicted octanol–water partition coefficient (Wildman–Crippen LogP) is 2.96. The Morgan fingerprint density at radius 2 is 1.74 bits per heavy atom. The van der Waals surface area contributed by atoms with Gasteiger partial charge in [-0.05, 0) is 18.8 Å². The van der Waals surface area contributed by atoms with E-state index in [1.165, 1.54) is 19.3 Å². The van der Waals surface area contributed by atoms with Gasteiger partial charge in [-0.3, -0.25) is 9.59 Å². The minimum Gasteiger partial charge on any atom is -0.481 e. The predicted molar refractivity (Wildman–Crippen MR) is 74.9 cm³/mol. The summed E-state index contributed by atoms with van der Waals surface area (Å²) in [6, 6.07) is 0. The van der Waals surface area contributed by atoms with Crippen molar-refractivity contribution in [2.75, 3.05) is 6.54 Å². The fourth-order valence-corrected chi connectivity index (χ4v) is 2.72. The third-order valence-electron chi connectivity index (χ3n) is 4.08. The van der Waals surface area contributed by atoms with Crippen LogP contribution in [0.4, 0.5) is 0 Å². The molecule has 1 atom stereocenters. The van der Waals surface area contributed by atoms with Crippen LogP contribution in [0.15, 0.2) is 0 Å². The van der Waals surface area contributed by atoms with Crippen LogP contribution in [0, 0.1) is 11.8 Å². The van der Waals surface area contributed by atoms with Gasteiger partial charge in [0.1, 0.15) is 0 Å². The first-order valence-corrected chi connectivity index (χ1v) is 7.63. The average Bonchev–Trinajstić information content (AvgIpc) is 2.33. The van der Waals surface area contributed by atoms with E-state index in [0.717, 1.165) is 32.1 Å². The van der Waals surface area contributed by atoms with Crippen molar-refractivity contribution in [1.29, 1.82) is 0 Å². The SMILES string of the molecule is CCC(CNC(=O)C1CCCCCCC1)CC(=O)O. The molecule has 0 aromatic heterocycles. The van der Waals surface area contributed by atoms with Crippen molar-refractivity contribution in [2.24, 2.45) is 11.8 Å². The van der Waals surface area contributed by atoms with Gasteiger partial charge in [-0.2, -0.15) is 0 Å². The maximum Gasteiger partial charge on any atom is 0.303 e. The number of hydrogen-bond donors (Lipinski definition) is 2. The highest BCUT2D eigenvalue weighted by Gasteiger charge is 2.20. The number of carboxylic acid groups (broad SMARTS) is 1. The quantitative estimate of drug-likeness (QED) is 0.779. The van der Waals surface area contributed by atoms with E-state index in [9.17, 15) is 9.59 Å². The van der Waals surface area contributed by atoms with Crippen molar-refractivity contribution in [3.63, 3.8) is 0 Å². The summed E-state index contributed by atoms with van der Waals surface area (Å²) in [4.78, 5) is 22.8. The summed E-state index contributed by atoms with van der Waals surface area (Å²) in [5.41, 5.74) is 0. The molecule has 0 radical (unpaired) electrons. The maximum absolute atomic E-state index is 12.1. The number of nitrogens with one attached hydrogen (secondary N) is 1. The molecule has 1 saturated carbocycles. The van der Waals surface area contributed by atoms with E-state index in [1.807, 2.05) is 6.92 Å². The van der Waals surface area contributed by atoms with Crippen LogP contribution >= 0.6 is 0 Å². The van der Waals surface area contributed by atoms with Gasteiger partial charge in [-0.15, -0.1) is 0 Å². The molecule has 110 valence electrons. The lowest BCUT2D eigenvalue weighted by atomic mass is 9.90. The number of rotatable bonds is 6. The Balaban J connectivity index is 2.33. The van der Waals surface area contributed by atoms with Gasteiger partial charge in [-0.25, -0.2) is 0 Å². The molecule has 0 aromatic rings. The fourth-order valence-electron chi connectivity index (χ4n) is 2.72. The molecule has 1 amide bonds. The van der Waals surface area contributed by atoms with Crippen molar-refractivity contribution in [1.82, 2.24) is 5.32 Å². The molecule has 0 bridgehead atoms. The Labute approximate surface area is 116 Å². The van der Waals surface area contributed by atoms with Crippen molar-refractivity contribution < 1.29 is 14.7 Å². The molecule has 1 unspecified atom stereocenters. The zero-order valence-electron chi connectivity index (χ0n) is 12.0. The monoisotopic (exact) mass is 269 g/mol. The molecular formula is C15H27NO3. The van der Waals surface area contributed by atoms with E-state index in [0.29, 0.717) is 6.54 Å². The normalized spacial score (nSPS) is 19.2. The van der Waals surface area contributed by atoms with Gasteiger partial charge in [0.2, 0.25) is 5.91 Å². The third-order valence-corrected chi connectivity index (χ3v) is 4.08. The Bertz CT molecular complexity index is 283. The number of hydrogen-bond acceptors (Lipinski definition) is 2. The highest BCUT2D eigenvalue weighted by molar-refractivity contribution is 5.78. The summed E-state index contributed by atoms with van der Waals surface area (Å²) in [6.45, 7) is 2.47. The van der Waals surface area contributed by atoms with Gasteiger partial charge in [0, 0.05) is 18.9 Å². The molecule has 0 aliphatic heterocycles. The first-order valence-electron chi connectivity index (χ1n) is 7.63. The summed E-state index contributed by atoms with van der Waals surface area (Å²) in [6.07, 6.45) is 8.96. The van der Waals surface area contributed by atoms with E-state index in [4.69, 9.17) is 5.11 Å². The van der Waals surface area contributed by atoms with Gasteiger partial charge in [0.15, 0.2) is 0 Å². The van der Waals surface area contributed by atoms with Crippen LogP contribution in [-0.2, 0) is 9.59 Å². The minimum absolute atomic E-state index is 0.0509. The largest absolute Gasteiger partial charge is 0.481 e. The van der Waals surface area contributed by atoms with Crippen LogP contribution in [-0.4, -0.2) is 23.5 Å². The van der Waals surface area contributed by atoms with Gasteiger partial charge in [-0.1, -0.05) is 45.4 Å². The molecule has 2 N–H and O–H groups in total. The molecule has 1 rings (SSSR count). The highest BCUT2D eigenvalue weighted by atomic mass is 16.4. The second-order valence-corrected chi connectivity index (χ2v) is 5.66.